The second-order valence-corrected chi connectivity index (χ2v) is 5.12. The maximum Gasteiger partial charge on any atom is 0.360 e. The Morgan fingerprint density at radius 1 is 1.00 bits per heavy atom. The summed E-state index contributed by atoms with van der Waals surface area (Å²) in [6.45, 7) is 0. The van der Waals surface area contributed by atoms with Crippen molar-refractivity contribution >= 4 is 40.2 Å². The Balaban J connectivity index is 0.00000169. The number of oxazole rings is 1. The molecule has 0 saturated heterocycles. The lowest BCUT2D eigenvalue weighted by Crippen LogP contribution is -2.00. The fourth-order valence-electron chi connectivity index (χ4n) is 2.51. The van der Waals surface area contributed by atoms with Gasteiger partial charge >= 0.3 is 5.97 Å². The Morgan fingerprint density at radius 3 is 2.62 bits per heavy atom. The number of methoxy groups -OCH3 is 1. The van der Waals surface area contributed by atoms with Crippen molar-refractivity contribution in [3.8, 4) is 11.5 Å². The highest BCUT2D eigenvalue weighted by Crippen LogP contribution is 2.25. The van der Waals surface area contributed by atoms with E-state index in [1.54, 1.807) is 0 Å². The lowest BCUT2D eigenvalue weighted by atomic mass is 10.1. The number of fused-ring (bicyclic) bond motifs is 2. The number of nitrogens with zero attached hydrogens (tertiary/aromatic N) is 2. The zero-order valence-electron chi connectivity index (χ0n) is 12.7. The van der Waals surface area contributed by atoms with Crippen LogP contribution in [-0.2, 0) is 4.74 Å². The number of benzene rings is 2. The van der Waals surface area contributed by atoms with Gasteiger partial charge in [-0.1, -0.05) is 24.3 Å². The van der Waals surface area contributed by atoms with Gasteiger partial charge in [0, 0.05) is 16.3 Å². The standard InChI is InChI=1S/C18H12N2O3.ClH/c1-22-18(21)16-10-23-17(20-16)13-7-6-12-8-11-4-2-3-5-14(11)19-15(12)9-13;/h2-10H,1H3;1H. The quantitative estimate of drug-likeness (QED) is 0.403. The second-order valence-electron chi connectivity index (χ2n) is 5.12. The van der Waals surface area contributed by atoms with Crippen LogP contribution in [0.3, 0.4) is 0 Å². The molecule has 6 heteroatoms. The first-order valence-electron chi connectivity index (χ1n) is 7.08. The number of carbonyl (C=O) groups excluding carboxylic acids is 1. The normalized spacial score (nSPS) is 10.5. The molecule has 0 amide bonds. The third-order valence-electron chi connectivity index (χ3n) is 3.66. The predicted molar refractivity (Wildman–Crippen MR) is 93.3 cm³/mol. The van der Waals surface area contributed by atoms with Crippen LogP contribution in [-0.4, -0.2) is 23.0 Å². The summed E-state index contributed by atoms with van der Waals surface area (Å²) in [5, 5.41) is 2.13. The Labute approximate surface area is 143 Å². The first kappa shape index (κ1) is 16.0. The van der Waals surface area contributed by atoms with E-state index in [4.69, 9.17) is 4.42 Å². The molecule has 0 aliphatic carbocycles. The number of carbonyl (C=O) groups is 1. The number of halogens is 1. The van der Waals surface area contributed by atoms with Crippen molar-refractivity contribution in [1.82, 2.24) is 9.97 Å². The zero-order valence-corrected chi connectivity index (χ0v) is 13.5. The SMILES string of the molecule is COC(=O)c1coc(-c2ccc3cc4ccccc4nc3c2)n1.Cl. The Morgan fingerprint density at radius 2 is 1.79 bits per heavy atom. The molecule has 0 unspecified atom stereocenters. The van der Waals surface area contributed by atoms with E-state index in [0.29, 0.717) is 5.89 Å². The molecule has 2 heterocycles. The van der Waals surface area contributed by atoms with Gasteiger partial charge in [-0.05, 0) is 24.3 Å². The van der Waals surface area contributed by atoms with Gasteiger partial charge in [-0.25, -0.2) is 14.8 Å². The van der Waals surface area contributed by atoms with E-state index in [-0.39, 0.29) is 18.1 Å². The molecule has 120 valence electrons. The van der Waals surface area contributed by atoms with Crippen molar-refractivity contribution in [1.29, 1.82) is 0 Å². The van der Waals surface area contributed by atoms with Crippen molar-refractivity contribution < 1.29 is 13.9 Å². The summed E-state index contributed by atoms with van der Waals surface area (Å²) in [4.78, 5) is 20.3. The highest BCUT2D eigenvalue weighted by Gasteiger charge is 2.14. The fourth-order valence-corrected chi connectivity index (χ4v) is 2.51. The average Bonchev–Trinajstić information content (AvgIpc) is 3.09. The van der Waals surface area contributed by atoms with Crippen LogP contribution in [0.5, 0.6) is 0 Å². The summed E-state index contributed by atoms with van der Waals surface area (Å²) >= 11 is 0. The van der Waals surface area contributed by atoms with Gasteiger partial charge < -0.3 is 9.15 Å². The molecule has 0 spiro atoms. The van der Waals surface area contributed by atoms with Gasteiger partial charge in [-0.2, -0.15) is 0 Å². The zero-order chi connectivity index (χ0) is 15.8. The number of pyridine rings is 1. The van der Waals surface area contributed by atoms with Crippen LogP contribution in [0.1, 0.15) is 10.5 Å². The minimum absolute atomic E-state index is 0. The van der Waals surface area contributed by atoms with Gasteiger partial charge in [0.1, 0.15) is 6.26 Å². The number of para-hydroxylation sites is 1. The van der Waals surface area contributed by atoms with E-state index in [1.807, 2.05) is 42.5 Å². The van der Waals surface area contributed by atoms with Crippen LogP contribution >= 0.6 is 12.4 Å². The molecule has 0 saturated carbocycles. The third-order valence-corrected chi connectivity index (χ3v) is 3.66. The van der Waals surface area contributed by atoms with E-state index in [0.717, 1.165) is 27.4 Å². The molecular formula is C18H13ClN2O3. The maximum atomic E-state index is 11.5. The Hall–Kier alpha value is -2.92. The molecule has 5 nitrogen and oxygen atoms in total. The molecular weight excluding hydrogens is 328 g/mol. The van der Waals surface area contributed by atoms with Gasteiger partial charge in [0.2, 0.25) is 5.89 Å². The van der Waals surface area contributed by atoms with Gasteiger partial charge in [-0.15, -0.1) is 12.4 Å². The van der Waals surface area contributed by atoms with Crippen molar-refractivity contribution in [2.45, 2.75) is 0 Å². The summed E-state index contributed by atoms with van der Waals surface area (Å²) in [5.74, 6) is -0.160. The smallest absolute Gasteiger partial charge is 0.360 e. The lowest BCUT2D eigenvalue weighted by Gasteiger charge is -2.03. The number of ether oxygens (including phenoxy) is 1. The topological polar surface area (TPSA) is 65.2 Å². The van der Waals surface area contributed by atoms with Crippen LogP contribution < -0.4 is 0 Å². The molecule has 0 aliphatic heterocycles. The van der Waals surface area contributed by atoms with Crippen molar-refractivity contribution in [2.75, 3.05) is 7.11 Å². The van der Waals surface area contributed by atoms with E-state index in [1.165, 1.54) is 13.4 Å². The van der Waals surface area contributed by atoms with Gasteiger partial charge in [-0.3, -0.25) is 0 Å². The average molecular weight is 341 g/mol. The first-order chi connectivity index (χ1) is 11.2. The molecule has 2 aromatic carbocycles. The minimum Gasteiger partial charge on any atom is -0.464 e. The largest absolute Gasteiger partial charge is 0.464 e. The second kappa shape index (κ2) is 6.29. The molecule has 4 rings (SSSR count). The molecule has 0 N–H and O–H groups in total. The van der Waals surface area contributed by atoms with Crippen molar-refractivity contribution in [2.24, 2.45) is 0 Å². The fraction of sp³-hybridized carbons (Fsp3) is 0.0556. The molecule has 0 aliphatic rings. The van der Waals surface area contributed by atoms with Crippen LogP contribution in [0.25, 0.3) is 33.3 Å². The van der Waals surface area contributed by atoms with E-state index >= 15 is 0 Å². The Bertz CT molecular complexity index is 1040. The van der Waals surface area contributed by atoms with E-state index < -0.39 is 5.97 Å². The summed E-state index contributed by atoms with van der Waals surface area (Å²) in [7, 11) is 1.31. The summed E-state index contributed by atoms with van der Waals surface area (Å²) < 4.78 is 10.0. The number of rotatable bonds is 2. The molecule has 0 fully saturated rings. The minimum atomic E-state index is -0.523. The van der Waals surface area contributed by atoms with Crippen LogP contribution in [0.15, 0.2) is 59.2 Å². The monoisotopic (exact) mass is 340 g/mol. The summed E-state index contributed by atoms with van der Waals surface area (Å²) in [5.41, 5.74) is 2.68. The number of esters is 1. The van der Waals surface area contributed by atoms with E-state index in [9.17, 15) is 4.79 Å². The third kappa shape index (κ3) is 2.70. The van der Waals surface area contributed by atoms with E-state index in [2.05, 4.69) is 20.8 Å². The number of aromatic nitrogens is 2. The lowest BCUT2D eigenvalue weighted by molar-refractivity contribution is 0.0594. The molecule has 0 bridgehead atoms. The van der Waals surface area contributed by atoms with Gasteiger partial charge in [0.25, 0.3) is 0 Å². The van der Waals surface area contributed by atoms with Gasteiger partial charge in [0.15, 0.2) is 5.69 Å². The Kier molecular flexibility index (Phi) is 4.18. The van der Waals surface area contributed by atoms with Crippen molar-refractivity contribution in [3.05, 3.63) is 60.5 Å². The molecule has 0 radical (unpaired) electrons. The molecule has 2 aromatic heterocycles. The number of hydrogen-bond donors (Lipinski definition) is 0. The predicted octanol–water partition coefficient (Wildman–Crippen LogP) is 4.25. The highest BCUT2D eigenvalue weighted by atomic mass is 35.5. The van der Waals surface area contributed by atoms with Gasteiger partial charge in [0.05, 0.1) is 18.1 Å². The van der Waals surface area contributed by atoms with Crippen molar-refractivity contribution in [3.63, 3.8) is 0 Å². The maximum absolute atomic E-state index is 11.5. The summed E-state index contributed by atoms with van der Waals surface area (Å²) in [6.07, 6.45) is 1.29. The molecule has 24 heavy (non-hydrogen) atoms. The van der Waals surface area contributed by atoms with Crippen LogP contribution in [0, 0.1) is 0 Å². The number of hydrogen-bond acceptors (Lipinski definition) is 5. The summed E-state index contributed by atoms with van der Waals surface area (Å²) in [6, 6.07) is 15.8. The van der Waals surface area contributed by atoms with Crippen LogP contribution in [0.2, 0.25) is 0 Å². The molecule has 0 atom stereocenters. The molecule has 4 aromatic rings. The first-order valence-corrected chi connectivity index (χ1v) is 7.08. The van der Waals surface area contributed by atoms with Crippen LogP contribution in [0.4, 0.5) is 0 Å². The highest BCUT2D eigenvalue weighted by molar-refractivity contribution is 5.94.